The normalized spacial score (nSPS) is 15.1. The van der Waals surface area contributed by atoms with E-state index < -0.39 is 0 Å². The fourth-order valence-electron chi connectivity index (χ4n) is 4.08. The third-order valence-electron chi connectivity index (χ3n) is 5.83. The number of amides is 1. The summed E-state index contributed by atoms with van der Waals surface area (Å²) < 4.78 is 7.18. The molecule has 0 aliphatic carbocycles. The number of carbonyl (C=O) groups is 1. The van der Waals surface area contributed by atoms with Gasteiger partial charge >= 0.3 is 0 Å². The first-order valence-electron chi connectivity index (χ1n) is 10.2. The maximum absolute atomic E-state index is 12.7. The van der Waals surface area contributed by atoms with Gasteiger partial charge in [-0.15, -0.1) is 0 Å². The number of hydrogen-bond acceptors (Lipinski definition) is 4. The Morgan fingerprint density at radius 3 is 2.69 bits per heavy atom. The molecular weight excluding hydrogens is 364 g/mol. The smallest absolute Gasteiger partial charge is 0.270 e. The monoisotopic (exact) mass is 394 g/mol. The van der Waals surface area contributed by atoms with Gasteiger partial charge in [-0.3, -0.25) is 4.79 Å². The Morgan fingerprint density at radius 2 is 2.03 bits per heavy atom. The lowest BCUT2D eigenvalue weighted by atomic mass is 9.96. The van der Waals surface area contributed by atoms with E-state index in [1.54, 1.807) is 28.8 Å². The first kappa shape index (κ1) is 20.9. The van der Waals surface area contributed by atoms with Crippen LogP contribution >= 0.6 is 0 Å². The third-order valence-corrected chi connectivity index (χ3v) is 5.83. The van der Waals surface area contributed by atoms with Crippen molar-refractivity contribution >= 4 is 5.91 Å². The van der Waals surface area contributed by atoms with Crippen LogP contribution in [0.5, 0.6) is 5.75 Å². The molecule has 6 heteroatoms. The van der Waals surface area contributed by atoms with Gasteiger partial charge in [-0.05, 0) is 56.0 Å². The van der Waals surface area contributed by atoms with Gasteiger partial charge in [0, 0.05) is 33.4 Å². The van der Waals surface area contributed by atoms with Crippen molar-refractivity contribution in [3.05, 3.63) is 53.3 Å². The molecule has 1 saturated heterocycles. The fraction of sp³-hybridized carbons (Fsp3) is 0.478. The minimum Gasteiger partial charge on any atom is -0.496 e. The quantitative estimate of drug-likeness (QED) is 0.724. The van der Waals surface area contributed by atoms with Gasteiger partial charge < -0.3 is 19.1 Å². The average molecular weight is 395 g/mol. The molecule has 29 heavy (non-hydrogen) atoms. The van der Waals surface area contributed by atoms with Crippen molar-refractivity contribution < 1.29 is 9.53 Å². The number of ether oxygens (including phenoxy) is 1. The third kappa shape index (κ3) is 5.18. The molecule has 154 valence electrons. The van der Waals surface area contributed by atoms with Crippen LogP contribution in [0.15, 0.2) is 36.5 Å². The zero-order chi connectivity index (χ0) is 20.8. The summed E-state index contributed by atoms with van der Waals surface area (Å²) in [5.74, 6) is 1.46. The van der Waals surface area contributed by atoms with Crippen molar-refractivity contribution in [1.29, 1.82) is 5.26 Å². The van der Waals surface area contributed by atoms with E-state index in [2.05, 4.69) is 23.1 Å². The Balaban J connectivity index is 1.46. The molecule has 2 aromatic rings. The Bertz CT molecular complexity index is 875. The fourth-order valence-corrected chi connectivity index (χ4v) is 4.08. The molecule has 1 fully saturated rings. The minimum absolute atomic E-state index is 0.0207. The highest BCUT2D eigenvalue weighted by atomic mass is 16.5. The summed E-state index contributed by atoms with van der Waals surface area (Å²) in [4.78, 5) is 17.0. The number of hydrogen-bond donors (Lipinski definition) is 0. The van der Waals surface area contributed by atoms with Crippen LogP contribution in [-0.2, 0) is 13.5 Å². The van der Waals surface area contributed by atoms with Crippen LogP contribution in [0.25, 0.3) is 0 Å². The summed E-state index contributed by atoms with van der Waals surface area (Å²) in [6.07, 6.45) is 4.88. The highest BCUT2D eigenvalue weighted by Gasteiger charge is 2.23. The zero-order valence-corrected chi connectivity index (χ0v) is 17.6. The number of aromatic nitrogens is 1. The Morgan fingerprint density at radius 1 is 1.31 bits per heavy atom. The maximum atomic E-state index is 12.7. The van der Waals surface area contributed by atoms with Crippen molar-refractivity contribution in [1.82, 2.24) is 14.4 Å². The standard InChI is InChI=1S/C23H30N4O2/c1-25-17-19(15-24)14-21(25)23(28)26(2)16-18-8-11-27(12-9-18)13-10-20-6-4-5-7-22(20)29-3/h4-7,14,17-18H,8-13,16H2,1-3H3. The number of methoxy groups -OCH3 is 1. The molecule has 6 nitrogen and oxygen atoms in total. The van der Waals surface area contributed by atoms with Crippen LogP contribution in [0.4, 0.5) is 0 Å². The number of benzene rings is 1. The molecule has 0 unspecified atom stereocenters. The van der Waals surface area contributed by atoms with E-state index in [0.717, 1.165) is 51.2 Å². The van der Waals surface area contributed by atoms with Crippen molar-refractivity contribution in [2.45, 2.75) is 19.3 Å². The maximum Gasteiger partial charge on any atom is 0.270 e. The van der Waals surface area contributed by atoms with Gasteiger partial charge in [0.2, 0.25) is 0 Å². The van der Waals surface area contributed by atoms with Crippen LogP contribution in [0.1, 0.15) is 34.5 Å². The molecule has 1 amide bonds. The topological polar surface area (TPSA) is 61.5 Å². The van der Waals surface area contributed by atoms with Crippen molar-refractivity contribution in [2.75, 3.05) is 40.3 Å². The number of nitriles is 1. The molecule has 0 saturated carbocycles. The van der Waals surface area contributed by atoms with E-state index in [1.807, 2.05) is 26.2 Å². The highest BCUT2D eigenvalue weighted by molar-refractivity contribution is 5.93. The number of para-hydroxylation sites is 1. The van der Waals surface area contributed by atoms with Crippen LogP contribution < -0.4 is 4.74 Å². The molecule has 2 heterocycles. The van der Waals surface area contributed by atoms with Crippen molar-refractivity contribution in [3.8, 4) is 11.8 Å². The highest BCUT2D eigenvalue weighted by Crippen LogP contribution is 2.22. The minimum atomic E-state index is -0.0207. The lowest BCUT2D eigenvalue weighted by molar-refractivity contribution is 0.0731. The first-order valence-corrected chi connectivity index (χ1v) is 10.2. The van der Waals surface area contributed by atoms with E-state index in [4.69, 9.17) is 10.00 Å². The Hall–Kier alpha value is -2.78. The number of piperidine rings is 1. The molecule has 0 bridgehead atoms. The van der Waals surface area contributed by atoms with E-state index >= 15 is 0 Å². The van der Waals surface area contributed by atoms with Gasteiger partial charge in [-0.25, -0.2) is 0 Å². The largest absolute Gasteiger partial charge is 0.496 e. The Labute approximate surface area is 173 Å². The van der Waals surface area contributed by atoms with E-state index in [-0.39, 0.29) is 5.91 Å². The lowest BCUT2D eigenvalue weighted by Crippen LogP contribution is -2.40. The van der Waals surface area contributed by atoms with Crippen LogP contribution in [0.2, 0.25) is 0 Å². The lowest BCUT2D eigenvalue weighted by Gasteiger charge is -2.34. The molecule has 0 radical (unpaired) electrons. The predicted molar refractivity (Wildman–Crippen MR) is 113 cm³/mol. The van der Waals surface area contributed by atoms with Crippen LogP contribution in [0.3, 0.4) is 0 Å². The summed E-state index contributed by atoms with van der Waals surface area (Å²) >= 11 is 0. The van der Waals surface area contributed by atoms with Gasteiger partial charge in [0.1, 0.15) is 17.5 Å². The number of nitrogens with zero attached hydrogens (tertiary/aromatic N) is 4. The second-order valence-electron chi connectivity index (χ2n) is 7.87. The van der Waals surface area contributed by atoms with Crippen LogP contribution in [0, 0.1) is 17.2 Å². The van der Waals surface area contributed by atoms with Crippen molar-refractivity contribution in [2.24, 2.45) is 13.0 Å². The molecule has 0 atom stereocenters. The second kappa shape index (κ2) is 9.62. The molecule has 1 aromatic heterocycles. The van der Waals surface area contributed by atoms with Gasteiger partial charge in [0.05, 0.1) is 12.7 Å². The van der Waals surface area contributed by atoms with Crippen LogP contribution in [-0.4, -0.2) is 60.6 Å². The molecule has 1 aromatic carbocycles. The second-order valence-corrected chi connectivity index (χ2v) is 7.87. The van der Waals surface area contributed by atoms with Crippen molar-refractivity contribution in [3.63, 3.8) is 0 Å². The molecule has 0 N–H and O–H groups in total. The van der Waals surface area contributed by atoms with Gasteiger partial charge in [-0.1, -0.05) is 18.2 Å². The number of rotatable bonds is 7. The molecule has 1 aliphatic heterocycles. The number of likely N-dealkylation sites (tertiary alicyclic amines) is 1. The number of aryl methyl sites for hydroxylation is 1. The summed E-state index contributed by atoms with van der Waals surface area (Å²) in [6.45, 7) is 3.91. The van der Waals surface area contributed by atoms with Gasteiger partial charge in [-0.2, -0.15) is 5.26 Å². The van der Waals surface area contributed by atoms with Gasteiger partial charge in [0.15, 0.2) is 0 Å². The predicted octanol–water partition coefficient (Wildman–Crippen LogP) is 2.93. The first-order chi connectivity index (χ1) is 14.0. The molecule has 0 spiro atoms. The summed E-state index contributed by atoms with van der Waals surface area (Å²) in [7, 11) is 5.39. The SMILES string of the molecule is COc1ccccc1CCN1CCC(CN(C)C(=O)c2cc(C#N)cn2C)CC1. The molecule has 1 aliphatic rings. The average Bonchev–Trinajstić information content (AvgIpc) is 3.13. The summed E-state index contributed by atoms with van der Waals surface area (Å²) in [6, 6.07) is 12.0. The zero-order valence-electron chi connectivity index (χ0n) is 17.6. The summed E-state index contributed by atoms with van der Waals surface area (Å²) in [5, 5.41) is 9.03. The molecule has 3 rings (SSSR count). The molecular formula is C23H30N4O2. The van der Waals surface area contributed by atoms with E-state index in [9.17, 15) is 4.79 Å². The Kier molecular flexibility index (Phi) is 6.95. The number of carbonyl (C=O) groups excluding carboxylic acids is 1. The van der Waals surface area contributed by atoms with E-state index in [1.165, 1.54) is 5.56 Å². The summed E-state index contributed by atoms with van der Waals surface area (Å²) in [5.41, 5.74) is 2.34. The van der Waals surface area contributed by atoms with Gasteiger partial charge in [0.25, 0.3) is 5.91 Å². The van der Waals surface area contributed by atoms with E-state index in [0.29, 0.717) is 17.2 Å².